The Morgan fingerprint density at radius 2 is 1.79 bits per heavy atom. The van der Waals surface area contributed by atoms with Crippen molar-refractivity contribution < 1.29 is 4.79 Å². The number of carbonyl (C=O) groups excluding carboxylic acids is 1. The lowest BCUT2D eigenvalue weighted by Crippen LogP contribution is -2.51. The number of rotatable bonds is 5. The molecule has 0 spiro atoms. The van der Waals surface area contributed by atoms with Crippen LogP contribution < -0.4 is 5.56 Å². The van der Waals surface area contributed by atoms with Gasteiger partial charge in [0, 0.05) is 62.7 Å². The van der Waals surface area contributed by atoms with Crippen molar-refractivity contribution in [2.75, 3.05) is 32.7 Å². The normalized spacial score (nSPS) is 20.0. The number of amides is 1. The summed E-state index contributed by atoms with van der Waals surface area (Å²) in [6.45, 7) is 4.50. The van der Waals surface area contributed by atoms with Crippen molar-refractivity contribution in [3.05, 3.63) is 59.2 Å². The molecule has 0 bridgehead atoms. The second-order valence-electron chi connectivity index (χ2n) is 7.66. The highest BCUT2D eigenvalue weighted by Gasteiger charge is 2.27. The predicted octanol–water partition coefficient (Wildman–Crippen LogP) is 1.81. The molecule has 1 atom stereocenters. The van der Waals surface area contributed by atoms with E-state index in [-0.39, 0.29) is 11.5 Å². The first kappa shape index (κ1) is 19.5. The molecule has 152 valence electrons. The third-order valence-electron chi connectivity index (χ3n) is 5.77. The topological polar surface area (TPSA) is 71.3 Å². The molecule has 3 heterocycles. The van der Waals surface area contributed by atoms with E-state index in [0.29, 0.717) is 12.5 Å². The molecule has 1 fully saturated rings. The Morgan fingerprint density at radius 1 is 1.00 bits per heavy atom. The van der Waals surface area contributed by atoms with Crippen LogP contribution in [-0.2, 0) is 11.3 Å². The summed E-state index contributed by atoms with van der Waals surface area (Å²) in [5.74, 6) is 0.460. The Kier molecular flexibility index (Phi) is 6.14. The van der Waals surface area contributed by atoms with Crippen LogP contribution >= 0.6 is 0 Å². The van der Waals surface area contributed by atoms with E-state index in [2.05, 4.69) is 27.1 Å². The van der Waals surface area contributed by atoms with Gasteiger partial charge in [-0.15, -0.1) is 0 Å². The average Bonchev–Trinajstić information content (AvgIpc) is 2.79. The minimum atomic E-state index is -0.0954. The third kappa shape index (κ3) is 4.79. The average molecular weight is 393 g/mol. The van der Waals surface area contributed by atoms with E-state index >= 15 is 0 Å². The van der Waals surface area contributed by atoms with Crippen LogP contribution in [0.15, 0.2) is 53.6 Å². The Hall–Kier alpha value is -2.80. The first-order chi connectivity index (χ1) is 14.2. The fraction of sp³-hybridized carbons (Fsp3) is 0.455. The van der Waals surface area contributed by atoms with E-state index in [1.165, 1.54) is 4.68 Å². The van der Waals surface area contributed by atoms with Gasteiger partial charge in [0.2, 0.25) is 5.91 Å². The van der Waals surface area contributed by atoms with Crippen molar-refractivity contribution in [1.82, 2.24) is 24.6 Å². The summed E-state index contributed by atoms with van der Waals surface area (Å²) in [5, 5.41) is 4.51. The number of piperazine rings is 1. The van der Waals surface area contributed by atoms with Crippen molar-refractivity contribution in [3.8, 4) is 11.3 Å². The Morgan fingerprint density at radius 3 is 2.52 bits per heavy atom. The highest BCUT2D eigenvalue weighted by atomic mass is 16.2. The molecule has 7 nitrogen and oxygen atoms in total. The smallest absolute Gasteiger partial charge is 0.266 e. The van der Waals surface area contributed by atoms with Gasteiger partial charge >= 0.3 is 0 Å². The van der Waals surface area contributed by atoms with Gasteiger partial charge in [0.25, 0.3) is 5.56 Å². The number of allylic oxidation sites excluding steroid dienone is 2. The lowest BCUT2D eigenvalue weighted by atomic mass is 9.93. The van der Waals surface area contributed by atoms with Crippen molar-refractivity contribution in [1.29, 1.82) is 0 Å². The second-order valence-corrected chi connectivity index (χ2v) is 7.66. The zero-order valence-electron chi connectivity index (χ0n) is 16.6. The first-order valence-electron chi connectivity index (χ1n) is 10.4. The molecule has 7 heteroatoms. The van der Waals surface area contributed by atoms with Crippen LogP contribution in [0.25, 0.3) is 11.3 Å². The summed E-state index contributed by atoms with van der Waals surface area (Å²) < 4.78 is 1.53. The molecular weight excluding hydrogens is 366 g/mol. The molecular formula is C22H27N5O2. The van der Waals surface area contributed by atoms with E-state index in [1.54, 1.807) is 24.5 Å². The third-order valence-corrected chi connectivity index (χ3v) is 5.77. The van der Waals surface area contributed by atoms with E-state index in [0.717, 1.165) is 63.2 Å². The Bertz CT molecular complexity index is 916. The van der Waals surface area contributed by atoms with Gasteiger partial charge in [0.1, 0.15) is 0 Å². The van der Waals surface area contributed by atoms with Gasteiger partial charge in [-0.3, -0.25) is 19.5 Å². The van der Waals surface area contributed by atoms with E-state index < -0.39 is 0 Å². The zero-order valence-corrected chi connectivity index (χ0v) is 16.6. The minimum absolute atomic E-state index is 0.0954. The molecule has 1 aliphatic carbocycles. The van der Waals surface area contributed by atoms with Gasteiger partial charge < -0.3 is 4.90 Å². The van der Waals surface area contributed by atoms with Gasteiger partial charge in [0.05, 0.1) is 12.2 Å². The quantitative estimate of drug-likeness (QED) is 0.725. The molecule has 1 aliphatic heterocycles. The molecule has 1 saturated heterocycles. The van der Waals surface area contributed by atoms with Crippen LogP contribution in [-0.4, -0.2) is 63.2 Å². The fourth-order valence-electron chi connectivity index (χ4n) is 3.99. The molecule has 29 heavy (non-hydrogen) atoms. The Labute approximate surface area is 170 Å². The van der Waals surface area contributed by atoms with Crippen LogP contribution in [0.1, 0.15) is 19.3 Å². The van der Waals surface area contributed by atoms with Crippen LogP contribution in [0, 0.1) is 5.92 Å². The summed E-state index contributed by atoms with van der Waals surface area (Å²) in [4.78, 5) is 33.2. The molecule has 1 unspecified atom stereocenters. The van der Waals surface area contributed by atoms with E-state index in [1.807, 2.05) is 17.0 Å². The summed E-state index contributed by atoms with van der Waals surface area (Å²) in [6.07, 6.45) is 10.6. The highest BCUT2D eigenvalue weighted by Crippen LogP contribution is 2.21. The maximum atomic E-state index is 12.7. The van der Waals surface area contributed by atoms with Crippen LogP contribution in [0.4, 0.5) is 0 Å². The van der Waals surface area contributed by atoms with Gasteiger partial charge in [-0.1, -0.05) is 12.2 Å². The molecule has 2 aliphatic rings. The molecule has 2 aromatic rings. The summed E-state index contributed by atoms with van der Waals surface area (Å²) in [7, 11) is 0. The number of aromatic nitrogens is 3. The Balaban J connectivity index is 1.31. The highest BCUT2D eigenvalue weighted by molar-refractivity contribution is 5.79. The number of nitrogens with zero attached hydrogens (tertiary/aromatic N) is 5. The van der Waals surface area contributed by atoms with Crippen molar-refractivity contribution in [3.63, 3.8) is 0 Å². The van der Waals surface area contributed by atoms with Crippen LogP contribution in [0.3, 0.4) is 0 Å². The van der Waals surface area contributed by atoms with Crippen LogP contribution in [0.5, 0.6) is 0 Å². The molecule has 4 rings (SSSR count). The largest absolute Gasteiger partial charge is 0.340 e. The standard InChI is InChI=1S/C22H27N5O2/c28-21-7-6-20(18-8-10-23-11-9-18)24-27(21)17-14-25-12-15-26(16-13-25)22(29)19-4-2-1-3-5-19/h1-2,6-11,19H,3-5,12-17H2. The van der Waals surface area contributed by atoms with Gasteiger partial charge in [0.15, 0.2) is 0 Å². The molecule has 0 aromatic carbocycles. The van der Waals surface area contributed by atoms with E-state index in [4.69, 9.17) is 0 Å². The summed E-state index contributed by atoms with van der Waals surface area (Å²) >= 11 is 0. The van der Waals surface area contributed by atoms with Crippen molar-refractivity contribution >= 4 is 5.91 Å². The number of pyridine rings is 1. The number of hydrogen-bond acceptors (Lipinski definition) is 5. The minimum Gasteiger partial charge on any atom is -0.340 e. The van der Waals surface area contributed by atoms with E-state index in [9.17, 15) is 9.59 Å². The van der Waals surface area contributed by atoms with Gasteiger partial charge in [-0.05, 0) is 37.5 Å². The zero-order chi connectivity index (χ0) is 20.1. The fourth-order valence-corrected chi connectivity index (χ4v) is 3.99. The lowest BCUT2D eigenvalue weighted by Gasteiger charge is -2.36. The maximum absolute atomic E-state index is 12.7. The van der Waals surface area contributed by atoms with Crippen molar-refractivity contribution in [2.45, 2.75) is 25.8 Å². The molecule has 0 saturated carbocycles. The first-order valence-corrected chi connectivity index (χ1v) is 10.4. The second kappa shape index (κ2) is 9.13. The monoisotopic (exact) mass is 393 g/mol. The number of carbonyl (C=O) groups is 1. The molecule has 1 amide bonds. The summed E-state index contributed by atoms with van der Waals surface area (Å²) in [5.41, 5.74) is 1.62. The van der Waals surface area contributed by atoms with Gasteiger partial charge in [-0.25, -0.2) is 4.68 Å². The lowest BCUT2D eigenvalue weighted by molar-refractivity contribution is -0.137. The number of hydrogen-bond donors (Lipinski definition) is 0. The molecule has 2 aromatic heterocycles. The van der Waals surface area contributed by atoms with Gasteiger partial charge in [-0.2, -0.15) is 5.10 Å². The SMILES string of the molecule is O=C(C1CC=CCC1)N1CCN(CCn2nc(-c3ccncc3)ccc2=O)CC1. The molecule has 0 radical (unpaired) electrons. The maximum Gasteiger partial charge on any atom is 0.266 e. The summed E-state index contributed by atoms with van der Waals surface area (Å²) in [6, 6.07) is 7.09. The van der Waals surface area contributed by atoms with Crippen molar-refractivity contribution in [2.24, 2.45) is 5.92 Å². The molecule has 0 N–H and O–H groups in total. The van der Waals surface area contributed by atoms with Crippen LogP contribution in [0.2, 0.25) is 0 Å². The predicted molar refractivity (Wildman–Crippen MR) is 111 cm³/mol.